The highest BCUT2D eigenvalue weighted by molar-refractivity contribution is 7.92. The Hall–Kier alpha value is -2.77. The maximum atomic E-state index is 13.2. The minimum absolute atomic E-state index is 0.00519. The number of anilines is 1. The highest BCUT2D eigenvalue weighted by atomic mass is 35.5. The zero-order valence-corrected chi connectivity index (χ0v) is 15.9. The third kappa shape index (κ3) is 3.84. The van der Waals surface area contributed by atoms with Gasteiger partial charge in [0.25, 0.3) is 10.0 Å². The molecule has 0 aromatic heterocycles. The van der Waals surface area contributed by atoms with Crippen LogP contribution in [0.25, 0.3) is 10.8 Å². The van der Waals surface area contributed by atoms with Crippen molar-refractivity contribution in [2.75, 3.05) is 18.0 Å². The van der Waals surface area contributed by atoms with Crippen LogP contribution in [-0.4, -0.2) is 33.1 Å². The topological polar surface area (TPSA) is 83.9 Å². The van der Waals surface area contributed by atoms with E-state index in [1.165, 1.54) is 37.4 Å². The smallest absolute Gasteiger partial charge is 0.324 e. The average Bonchev–Trinajstić information content (AvgIpc) is 2.65. The molecule has 1 N–H and O–H groups in total. The maximum absolute atomic E-state index is 13.2. The number of carboxylic acids is 1. The zero-order chi connectivity index (χ0) is 19.6. The molecule has 0 aliphatic carbocycles. The fourth-order valence-corrected chi connectivity index (χ4v) is 4.40. The van der Waals surface area contributed by atoms with Crippen molar-refractivity contribution < 1.29 is 23.1 Å². The molecule has 0 amide bonds. The number of carbonyl (C=O) groups is 1. The van der Waals surface area contributed by atoms with Crippen molar-refractivity contribution in [3.05, 3.63) is 65.7 Å². The first kappa shape index (κ1) is 19.0. The van der Waals surface area contributed by atoms with E-state index < -0.39 is 22.5 Å². The minimum atomic E-state index is -4.12. The maximum Gasteiger partial charge on any atom is 0.324 e. The first-order valence-electron chi connectivity index (χ1n) is 7.90. The van der Waals surface area contributed by atoms with E-state index >= 15 is 0 Å². The van der Waals surface area contributed by atoms with Crippen LogP contribution in [0.1, 0.15) is 0 Å². The van der Waals surface area contributed by atoms with Crippen molar-refractivity contribution in [1.82, 2.24) is 0 Å². The number of methoxy groups -OCH3 is 1. The Bertz CT molecular complexity index is 1110. The van der Waals surface area contributed by atoms with Gasteiger partial charge in [0, 0.05) is 0 Å². The van der Waals surface area contributed by atoms with E-state index in [0.717, 1.165) is 15.1 Å². The number of hydrogen-bond acceptors (Lipinski definition) is 4. The van der Waals surface area contributed by atoms with Crippen molar-refractivity contribution in [3.63, 3.8) is 0 Å². The zero-order valence-electron chi connectivity index (χ0n) is 14.3. The number of carboxylic acid groups (broad SMARTS) is 1. The molecule has 0 atom stereocenters. The second-order valence-corrected chi connectivity index (χ2v) is 8.00. The van der Waals surface area contributed by atoms with Gasteiger partial charge < -0.3 is 9.84 Å². The van der Waals surface area contributed by atoms with Gasteiger partial charge in [0.2, 0.25) is 0 Å². The summed E-state index contributed by atoms with van der Waals surface area (Å²) in [6, 6.07) is 16.3. The second-order valence-electron chi connectivity index (χ2n) is 5.73. The molecule has 0 bridgehead atoms. The summed E-state index contributed by atoms with van der Waals surface area (Å²) < 4.78 is 32.2. The van der Waals surface area contributed by atoms with Crippen molar-refractivity contribution in [2.24, 2.45) is 0 Å². The summed E-state index contributed by atoms with van der Waals surface area (Å²) in [5.41, 5.74) is 0.136. The van der Waals surface area contributed by atoms with Gasteiger partial charge in [-0.25, -0.2) is 8.42 Å². The summed E-state index contributed by atoms with van der Waals surface area (Å²) in [5.74, 6) is -0.926. The second kappa shape index (κ2) is 7.46. The number of aliphatic carboxylic acids is 1. The van der Waals surface area contributed by atoms with Gasteiger partial charge in [0.05, 0.1) is 22.7 Å². The first-order valence-corrected chi connectivity index (χ1v) is 9.71. The van der Waals surface area contributed by atoms with Crippen molar-refractivity contribution in [2.45, 2.75) is 4.90 Å². The van der Waals surface area contributed by atoms with E-state index in [0.29, 0.717) is 5.75 Å². The van der Waals surface area contributed by atoms with Gasteiger partial charge in [-0.1, -0.05) is 41.9 Å². The summed E-state index contributed by atoms with van der Waals surface area (Å²) in [5, 5.41) is 11.0. The lowest BCUT2D eigenvalue weighted by molar-refractivity contribution is -0.135. The van der Waals surface area contributed by atoms with Gasteiger partial charge in [-0.3, -0.25) is 9.10 Å². The lowest BCUT2D eigenvalue weighted by Gasteiger charge is -2.23. The largest absolute Gasteiger partial charge is 0.495 e. The Morgan fingerprint density at radius 1 is 1.07 bits per heavy atom. The molecule has 0 unspecified atom stereocenters. The molecule has 6 nitrogen and oxygen atoms in total. The SMILES string of the molecule is COc1ccc(N(CC(=O)O)S(=O)(=O)c2ccc3ccccc3c2)cc1Cl. The van der Waals surface area contributed by atoms with Gasteiger partial charge in [-0.15, -0.1) is 0 Å². The Morgan fingerprint density at radius 3 is 2.41 bits per heavy atom. The van der Waals surface area contributed by atoms with E-state index in [2.05, 4.69) is 0 Å². The predicted molar refractivity (Wildman–Crippen MR) is 104 cm³/mol. The quantitative estimate of drug-likeness (QED) is 0.674. The Labute approximate surface area is 161 Å². The number of sulfonamides is 1. The molecule has 8 heteroatoms. The van der Waals surface area contributed by atoms with Gasteiger partial charge >= 0.3 is 5.97 Å². The molecule has 140 valence electrons. The van der Waals surface area contributed by atoms with Crippen LogP contribution < -0.4 is 9.04 Å². The molecule has 0 saturated carbocycles. The lowest BCUT2D eigenvalue weighted by Crippen LogP contribution is -2.35. The van der Waals surface area contributed by atoms with Crippen molar-refractivity contribution in [1.29, 1.82) is 0 Å². The highest BCUT2D eigenvalue weighted by Crippen LogP contribution is 2.32. The third-order valence-electron chi connectivity index (χ3n) is 4.01. The van der Waals surface area contributed by atoms with Gasteiger partial charge in [-0.2, -0.15) is 0 Å². The van der Waals surface area contributed by atoms with Crippen LogP contribution in [-0.2, 0) is 14.8 Å². The molecule has 0 fully saturated rings. The van der Waals surface area contributed by atoms with E-state index in [1.807, 2.05) is 12.1 Å². The number of rotatable bonds is 6. The van der Waals surface area contributed by atoms with Crippen LogP contribution in [0, 0.1) is 0 Å². The highest BCUT2D eigenvalue weighted by Gasteiger charge is 2.28. The number of hydrogen-bond donors (Lipinski definition) is 1. The van der Waals surface area contributed by atoms with Crippen LogP contribution in [0.15, 0.2) is 65.6 Å². The summed E-state index contributed by atoms with van der Waals surface area (Å²) in [6.45, 7) is -0.738. The van der Waals surface area contributed by atoms with Gasteiger partial charge in [0.1, 0.15) is 12.3 Å². The Kier molecular flexibility index (Phi) is 5.25. The number of benzene rings is 3. The number of ether oxygens (including phenoxy) is 1. The van der Waals surface area contributed by atoms with E-state index in [4.69, 9.17) is 16.3 Å². The van der Waals surface area contributed by atoms with Crippen molar-refractivity contribution >= 4 is 44.1 Å². The van der Waals surface area contributed by atoms with Crippen LogP contribution >= 0.6 is 11.6 Å². The molecular formula is C19H16ClNO5S. The molecule has 0 spiro atoms. The fourth-order valence-electron chi connectivity index (χ4n) is 2.70. The molecule has 3 aromatic rings. The molecule has 27 heavy (non-hydrogen) atoms. The number of fused-ring (bicyclic) bond motifs is 1. The average molecular weight is 406 g/mol. The minimum Gasteiger partial charge on any atom is -0.495 e. The summed E-state index contributed by atoms with van der Waals surface area (Å²) >= 11 is 6.09. The van der Waals surface area contributed by atoms with E-state index in [-0.39, 0.29) is 15.6 Å². The Morgan fingerprint density at radius 2 is 1.78 bits per heavy atom. The molecule has 0 saturated heterocycles. The van der Waals surface area contributed by atoms with E-state index in [9.17, 15) is 18.3 Å². The van der Waals surface area contributed by atoms with Crippen LogP contribution in [0.4, 0.5) is 5.69 Å². The van der Waals surface area contributed by atoms with Gasteiger partial charge in [0.15, 0.2) is 0 Å². The lowest BCUT2D eigenvalue weighted by atomic mass is 10.1. The molecule has 0 heterocycles. The molecule has 0 aliphatic heterocycles. The Balaban J connectivity index is 2.12. The summed E-state index contributed by atoms with van der Waals surface area (Å²) in [4.78, 5) is 11.3. The van der Waals surface area contributed by atoms with Crippen LogP contribution in [0.2, 0.25) is 5.02 Å². The fraction of sp³-hybridized carbons (Fsp3) is 0.105. The normalized spacial score (nSPS) is 11.3. The standard InChI is InChI=1S/C19H16ClNO5S/c1-26-18-9-7-15(11-17(18)20)21(12-19(22)23)27(24,25)16-8-6-13-4-2-3-5-14(13)10-16/h2-11H,12H2,1H3,(H,22,23). The van der Waals surface area contributed by atoms with Crippen LogP contribution in [0.3, 0.4) is 0 Å². The molecule has 0 radical (unpaired) electrons. The van der Waals surface area contributed by atoms with Crippen LogP contribution in [0.5, 0.6) is 5.75 Å². The monoisotopic (exact) mass is 405 g/mol. The number of halogens is 1. The predicted octanol–water partition coefficient (Wildman–Crippen LogP) is 3.78. The first-order chi connectivity index (χ1) is 12.8. The van der Waals surface area contributed by atoms with Gasteiger partial charge in [-0.05, 0) is 41.1 Å². The molecule has 3 aromatic carbocycles. The van der Waals surface area contributed by atoms with Crippen molar-refractivity contribution in [3.8, 4) is 5.75 Å². The number of nitrogens with zero attached hydrogens (tertiary/aromatic N) is 1. The van der Waals surface area contributed by atoms with E-state index in [1.54, 1.807) is 18.2 Å². The summed E-state index contributed by atoms with van der Waals surface area (Å²) in [6.07, 6.45) is 0. The molecule has 3 rings (SSSR count). The summed E-state index contributed by atoms with van der Waals surface area (Å²) in [7, 11) is -2.69. The molecular weight excluding hydrogens is 390 g/mol. The molecule has 0 aliphatic rings. The third-order valence-corrected chi connectivity index (χ3v) is 6.08.